The Labute approximate surface area is 148 Å². The van der Waals surface area contributed by atoms with E-state index in [0.29, 0.717) is 18.8 Å². The average Bonchev–Trinajstić information content (AvgIpc) is 3.01. The van der Waals surface area contributed by atoms with Gasteiger partial charge in [-0.15, -0.1) is 0 Å². The minimum atomic E-state index is -0.204. The predicted octanol–water partition coefficient (Wildman–Crippen LogP) is 3.63. The van der Waals surface area contributed by atoms with E-state index >= 15 is 0 Å². The monoisotopic (exact) mass is 385 g/mol. The van der Waals surface area contributed by atoms with E-state index in [1.54, 1.807) is 23.1 Å². The van der Waals surface area contributed by atoms with E-state index in [1.807, 2.05) is 36.4 Å². The van der Waals surface area contributed by atoms with Crippen molar-refractivity contribution in [3.63, 3.8) is 0 Å². The van der Waals surface area contributed by atoms with Gasteiger partial charge in [-0.05, 0) is 48.0 Å². The van der Waals surface area contributed by atoms with Gasteiger partial charge in [0.2, 0.25) is 5.91 Å². The first kappa shape index (κ1) is 16.3. The molecule has 0 bridgehead atoms. The van der Waals surface area contributed by atoms with Crippen LogP contribution in [0.5, 0.6) is 0 Å². The maximum Gasteiger partial charge on any atom is 0.321 e. The quantitative estimate of drug-likeness (QED) is 0.789. The van der Waals surface area contributed by atoms with Crippen molar-refractivity contribution < 1.29 is 9.59 Å². The number of rotatable bonds is 4. The second-order valence-corrected chi connectivity index (χ2v) is 6.22. The highest BCUT2D eigenvalue weighted by molar-refractivity contribution is 9.10. The van der Waals surface area contributed by atoms with E-state index in [9.17, 15) is 9.59 Å². The molecule has 1 heterocycles. The van der Waals surface area contributed by atoms with Gasteiger partial charge in [0.15, 0.2) is 0 Å². The Balaban J connectivity index is 1.60. The third-order valence-electron chi connectivity index (χ3n) is 3.60. The van der Waals surface area contributed by atoms with Gasteiger partial charge >= 0.3 is 6.03 Å². The highest BCUT2D eigenvalue weighted by Gasteiger charge is 2.20. The molecule has 0 atom stereocenters. The number of halogens is 1. The van der Waals surface area contributed by atoms with E-state index in [1.165, 1.54) is 6.08 Å². The molecule has 5 nitrogen and oxygen atoms in total. The Hall–Kier alpha value is -2.60. The second kappa shape index (κ2) is 7.31. The van der Waals surface area contributed by atoms with Gasteiger partial charge in [0.1, 0.15) is 0 Å². The second-order valence-electron chi connectivity index (χ2n) is 5.30. The highest BCUT2D eigenvalue weighted by atomic mass is 79.9. The number of carbonyl (C=O) groups is 2. The Morgan fingerprint density at radius 2 is 1.83 bits per heavy atom. The van der Waals surface area contributed by atoms with Crippen molar-refractivity contribution in [2.75, 3.05) is 23.3 Å². The van der Waals surface area contributed by atoms with Crippen LogP contribution >= 0.6 is 15.9 Å². The molecule has 2 aromatic rings. The molecule has 122 valence electrons. The van der Waals surface area contributed by atoms with Crippen LogP contribution in [0.25, 0.3) is 6.08 Å². The first-order valence-electron chi connectivity index (χ1n) is 7.52. The van der Waals surface area contributed by atoms with E-state index in [-0.39, 0.29) is 11.9 Å². The lowest BCUT2D eigenvalue weighted by Gasteiger charge is -2.14. The summed E-state index contributed by atoms with van der Waals surface area (Å²) in [5.41, 5.74) is 2.45. The number of hydrogen-bond donors (Lipinski definition) is 2. The molecule has 0 saturated carbocycles. The van der Waals surface area contributed by atoms with Gasteiger partial charge in [-0.2, -0.15) is 0 Å². The summed E-state index contributed by atoms with van der Waals surface area (Å²) in [5.74, 6) is -0.204. The van der Waals surface area contributed by atoms with E-state index < -0.39 is 0 Å². The molecule has 2 aromatic carbocycles. The van der Waals surface area contributed by atoms with Crippen LogP contribution in [0.4, 0.5) is 16.2 Å². The summed E-state index contributed by atoms with van der Waals surface area (Å²) in [7, 11) is 0. The normalized spacial score (nSPS) is 14.0. The van der Waals surface area contributed by atoms with Gasteiger partial charge in [0.25, 0.3) is 0 Å². The smallest absolute Gasteiger partial charge is 0.321 e. The summed E-state index contributed by atoms with van der Waals surface area (Å²) in [6.45, 7) is 1.30. The molecule has 1 aliphatic rings. The molecule has 3 rings (SSSR count). The van der Waals surface area contributed by atoms with Crippen LogP contribution in [0.1, 0.15) is 5.56 Å². The van der Waals surface area contributed by atoms with E-state index in [2.05, 4.69) is 26.6 Å². The van der Waals surface area contributed by atoms with Gasteiger partial charge in [0.05, 0.1) is 0 Å². The van der Waals surface area contributed by atoms with Crippen molar-refractivity contribution in [2.24, 2.45) is 0 Å². The molecule has 2 N–H and O–H groups in total. The summed E-state index contributed by atoms with van der Waals surface area (Å²) in [5, 5.41) is 5.55. The van der Waals surface area contributed by atoms with Gasteiger partial charge in [-0.1, -0.05) is 28.1 Å². The number of amides is 3. The van der Waals surface area contributed by atoms with E-state index in [4.69, 9.17) is 0 Å². The fourth-order valence-corrected chi connectivity index (χ4v) is 2.64. The summed E-state index contributed by atoms with van der Waals surface area (Å²) in [4.78, 5) is 25.2. The van der Waals surface area contributed by atoms with Crippen molar-refractivity contribution >= 4 is 45.3 Å². The Morgan fingerprint density at radius 3 is 2.46 bits per heavy atom. The topological polar surface area (TPSA) is 61.4 Å². The van der Waals surface area contributed by atoms with E-state index in [0.717, 1.165) is 15.7 Å². The van der Waals surface area contributed by atoms with Crippen LogP contribution in [-0.2, 0) is 4.79 Å². The molecule has 0 aromatic heterocycles. The van der Waals surface area contributed by atoms with Crippen molar-refractivity contribution in [3.8, 4) is 0 Å². The highest BCUT2D eigenvalue weighted by Crippen LogP contribution is 2.19. The molecule has 0 spiro atoms. The zero-order valence-electron chi connectivity index (χ0n) is 12.8. The number of nitrogens with one attached hydrogen (secondary N) is 2. The van der Waals surface area contributed by atoms with Crippen LogP contribution in [-0.4, -0.2) is 25.0 Å². The summed E-state index contributed by atoms with van der Waals surface area (Å²) in [6.07, 6.45) is 3.25. The Kier molecular flexibility index (Phi) is 4.96. The average molecular weight is 386 g/mol. The number of benzene rings is 2. The fourth-order valence-electron chi connectivity index (χ4n) is 2.37. The third-order valence-corrected chi connectivity index (χ3v) is 4.13. The summed E-state index contributed by atoms with van der Waals surface area (Å²) >= 11 is 3.37. The van der Waals surface area contributed by atoms with Crippen LogP contribution in [0.3, 0.4) is 0 Å². The van der Waals surface area contributed by atoms with Gasteiger partial charge < -0.3 is 10.6 Å². The fraction of sp³-hybridized carbons (Fsp3) is 0.111. The van der Waals surface area contributed by atoms with Gasteiger partial charge in [-0.3, -0.25) is 9.69 Å². The van der Waals surface area contributed by atoms with Crippen LogP contribution in [0.15, 0.2) is 59.1 Å². The lowest BCUT2D eigenvalue weighted by molar-refractivity contribution is -0.111. The molecule has 6 heteroatoms. The molecular weight excluding hydrogens is 370 g/mol. The Bertz CT molecular complexity index is 770. The van der Waals surface area contributed by atoms with Crippen molar-refractivity contribution in [1.29, 1.82) is 0 Å². The molecule has 1 fully saturated rings. The zero-order chi connectivity index (χ0) is 16.9. The third kappa shape index (κ3) is 4.02. The minimum absolute atomic E-state index is 0.0933. The largest absolute Gasteiger partial charge is 0.336 e. The molecule has 24 heavy (non-hydrogen) atoms. The van der Waals surface area contributed by atoms with Crippen LogP contribution in [0, 0.1) is 0 Å². The maximum absolute atomic E-state index is 12.0. The first-order valence-corrected chi connectivity index (χ1v) is 8.31. The number of urea groups is 1. The number of nitrogens with zero attached hydrogens (tertiary/aromatic N) is 1. The van der Waals surface area contributed by atoms with Crippen LogP contribution < -0.4 is 15.5 Å². The van der Waals surface area contributed by atoms with Crippen molar-refractivity contribution in [2.45, 2.75) is 0 Å². The summed E-state index contributed by atoms with van der Waals surface area (Å²) < 4.78 is 0.996. The molecule has 0 radical (unpaired) electrons. The molecule has 0 unspecified atom stereocenters. The first-order chi connectivity index (χ1) is 11.6. The molecule has 0 aliphatic carbocycles. The lowest BCUT2D eigenvalue weighted by Crippen LogP contribution is -2.27. The lowest BCUT2D eigenvalue weighted by atomic mass is 10.2. The molecule has 1 saturated heterocycles. The standard InChI is InChI=1S/C18H16BrN3O2/c19-14-4-1-13(2-5-14)3-10-17(23)21-15-6-8-16(9-7-15)22-12-11-20-18(22)24/h1-10H,11-12H2,(H,20,24)(H,21,23)/b10-3+. The number of anilines is 2. The van der Waals surface area contributed by atoms with Crippen LogP contribution in [0.2, 0.25) is 0 Å². The number of carbonyl (C=O) groups excluding carboxylic acids is 2. The molecule has 1 aliphatic heterocycles. The molecule has 3 amide bonds. The maximum atomic E-state index is 12.0. The van der Waals surface area contributed by atoms with Crippen molar-refractivity contribution in [1.82, 2.24) is 5.32 Å². The SMILES string of the molecule is O=C(/C=C/c1ccc(Br)cc1)Nc1ccc(N2CCNC2=O)cc1. The summed E-state index contributed by atoms with van der Waals surface area (Å²) in [6, 6.07) is 14.8. The molecular formula is C18H16BrN3O2. The van der Waals surface area contributed by atoms with Gasteiger partial charge in [-0.25, -0.2) is 4.79 Å². The van der Waals surface area contributed by atoms with Crippen molar-refractivity contribution in [3.05, 3.63) is 64.6 Å². The zero-order valence-corrected chi connectivity index (χ0v) is 14.4. The minimum Gasteiger partial charge on any atom is -0.336 e. The predicted molar refractivity (Wildman–Crippen MR) is 99.0 cm³/mol. The Morgan fingerprint density at radius 1 is 1.12 bits per heavy atom. The van der Waals surface area contributed by atoms with Gasteiger partial charge in [0, 0.05) is 35.0 Å². The number of hydrogen-bond acceptors (Lipinski definition) is 2.